The van der Waals surface area contributed by atoms with Crippen LogP contribution < -0.4 is 4.74 Å². The van der Waals surface area contributed by atoms with Gasteiger partial charge in [0.15, 0.2) is 11.6 Å². The summed E-state index contributed by atoms with van der Waals surface area (Å²) >= 11 is 0. The van der Waals surface area contributed by atoms with Gasteiger partial charge in [-0.25, -0.2) is 9.18 Å². The fraction of sp³-hybridized carbons (Fsp3) is 0.0769. The van der Waals surface area contributed by atoms with E-state index in [4.69, 9.17) is 4.74 Å². The van der Waals surface area contributed by atoms with Crippen LogP contribution in [0.2, 0.25) is 0 Å². The number of carbonyl (C=O) groups excluding carboxylic acids is 1. The van der Waals surface area contributed by atoms with Crippen molar-refractivity contribution in [1.29, 1.82) is 0 Å². The summed E-state index contributed by atoms with van der Waals surface area (Å²) in [6.07, 6.45) is 3.46. The van der Waals surface area contributed by atoms with Crippen molar-refractivity contribution in [1.82, 2.24) is 10.2 Å². The molecule has 0 unspecified atom stereocenters. The largest absolute Gasteiger partial charge is 0.420 e. The zero-order valence-electron chi connectivity index (χ0n) is 17.1. The SMILES string of the molecule is C=CC(=O)Oc1c(F)cccc1/C(=C(\CC)c1ccccc1)c1ccc2[nH]ncc2c1. The van der Waals surface area contributed by atoms with E-state index in [0.717, 1.165) is 39.3 Å². The van der Waals surface area contributed by atoms with Crippen molar-refractivity contribution in [3.8, 4) is 5.75 Å². The Morgan fingerprint density at radius 2 is 1.90 bits per heavy atom. The first-order chi connectivity index (χ1) is 15.1. The molecule has 0 atom stereocenters. The van der Waals surface area contributed by atoms with Gasteiger partial charge < -0.3 is 4.74 Å². The molecule has 0 radical (unpaired) electrons. The molecule has 31 heavy (non-hydrogen) atoms. The molecule has 0 saturated carbocycles. The number of aromatic nitrogens is 2. The van der Waals surface area contributed by atoms with Gasteiger partial charge in [0.1, 0.15) is 0 Å². The van der Waals surface area contributed by atoms with Crippen molar-refractivity contribution < 1.29 is 13.9 Å². The number of nitrogens with zero attached hydrogens (tertiary/aromatic N) is 1. The van der Waals surface area contributed by atoms with Gasteiger partial charge in [-0.2, -0.15) is 5.10 Å². The smallest absolute Gasteiger partial charge is 0.335 e. The predicted octanol–water partition coefficient (Wildman–Crippen LogP) is 6.16. The van der Waals surface area contributed by atoms with Crippen LogP contribution in [0.5, 0.6) is 5.75 Å². The number of fused-ring (bicyclic) bond motifs is 1. The second-order valence-electron chi connectivity index (χ2n) is 6.99. The number of esters is 1. The molecule has 0 amide bonds. The van der Waals surface area contributed by atoms with Crippen molar-refractivity contribution >= 4 is 28.0 Å². The van der Waals surface area contributed by atoms with Crippen molar-refractivity contribution in [3.63, 3.8) is 0 Å². The summed E-state index contributed by atoms with van der Waals surface area (Å²) in [4.78, 5) is 12.0. The highest BCUT2D eigenvalue weighted by Gasteiger charge is 2.21. The molecule has 0 saturated heterocycles. The van der Waals surface area contributed by atoms with Crippen LogP contribution in [-0.4, -0.2) is 16.2 Å². The summed E-state index contributed by atoms with van der Waals surface area (Å²) < 4.78 is 20.2. The molecular formula is C26H21FN2O2. The molecule has 0 aliphatic heterocycles. The summed E-state index contributed by atoms with van der Waals surface area (Å²) in [5.74, 6) is -1.44. The van der Waals surface area contributed by atoms with Crippen LogP contribution in [0.3, 0.4) is 0 Å². The van der Waals surface area contributed by atoms with Gasteiger partial charge in [-0.1, -0.05) is 62.0 Å². The number of benzene rings is 3. The first-order valence-corrected chi connectivity index (χ1v) is 9.97. The highest BCUT2D eigenvalue weighted by atomic mass is 19.1. The van der Waals surface area contributed by atoms with E-state index < -0.39 is 11.8 Å². The van der Waals surface area contributed by atoms with E-state index >= 15 is 0 Å². The fourth-order valence-corrected chi connectivity index (χ4v) is 3.71. The second-order valence-corrected chi connectivity index (χ2v) is 6.99. The van der Waals surface area contributed by atoms with Gasteiger partial charge in [0.2, 0.25) is 0 Å². The Labute approximate surface area is 179 Å². The number of carbonyl (C=O) groups is 1. The van der Waals surface area contributed by atoms with E-state index in [1.54, 1.807) is 18.3 Å². The van der Waals surface area contributed by atoms with Crippen molar-refractivity contribution in [2.24, 2.45) is 0 Å². The highest BCUT2D eigenvalue weighted by Crippen LogP contribution is 2.40. The van der Waals surface area contributed by atoms with Gasteiger partial charge in [0.25, 0.3) is 0 Å². The number of aromatic amines is 1. The van der Waals surface area contributed by atoms with E-state index in [-0.39, 0.29) is 5.75 Å². The number of nitrogens with one attached hydrogen (secondary N) is 1. The van der Waals surface area contributed by atoms with Crippen molar-refractivity contribution in [3.05, 3.63) is 108 Å². The third-order valence-corrected chi connectivity index (χ3v) is 5.11. The zero-order chi connectivity index (χ0) is 21.8. The Bertz CT molecular complexity index is 1290. The zero-order valence-corrected chi connectivity index (χ0v) is 17.1. The van der Waals surface area contributed by atoms with Crippen LogP contribution in [0.25, 0.3) is 22.0 Å². The maximum Gasteiger partial charge on any atom is 0.335 e. The predicted molar refractivity (Wildman–Crippen MR) is 121 cm³/mol. The summed E-state index contributed by atoms with van der Waals surface area (Å²) in [5.41, 5.74) is 5.08. The number of halogens is 1. The van der Waals surface area contributed by atoms with Gasteiger partial charge in [-0.05, 0) is 46.9 Å². The van der Waals surface area contributed by atoms with Crippen LogP contribution in [0.4, 0.5) is 4.39 Å². The lowest BCUT2D eigenvalue weighted by molar-refractivity contribution is -0.129. The van der Waals surface area contributed by atoms with Gasteiger partial charge in [-0.15, -0.1) is 0 Å². The topological polar surface area (TPSA) is 55.0 Å². The standard InChI is InChI=1S/C26H21FN2O2/c1-3-20(17-9-6-5-7-10-17)25(18-13-14-23-19(15-18)16-28-29-23)21-11-8-12-22(27)26(21)31-24(30)4-2/h4-16H,2-3H2,1H3,(H,28,29)/b25-20+. The molecular weight excluding hydrogens is 391 g/mol. The summed E-state index contributed by atoms with van der Waals surface area (Å²) in [5, 5.41) is 7.98. The molecule has 0 spiro atoms. The van der Waals surface area contributed by atoms with Gasteiger partial charge in [0.05, 0.1) is 11.7 Å². The minimum absolute atomic E-state index is 0.114. The number of hydrogen-bond donors (Lipinski definition) is 1. The first kappa shape index (κ1) is 20.3. The minimum atomic E-state index is -0.714. The molecule has 1 N–H and O–H groups in total. The Kier molecular flexibility index (Phi) is 5.76. The highest BCUT2D eigenvalue weighted by molar-refractivity contribution is 6.02. The Hall–Kier alpha value is -3.99. The summed E-state index contributed by atoms with van der Waals surface area (Å²) in [6.45, 7) is 5.48. The monoisotopic (exact) mass is 412 g/mol. The number of hydrogen-bond acceptors (Lipinski definition) is 3. The second kappa shape index (κ2) is 8.79. The van der Waals surface area contributed by atoms with E-state index in [1.807, 2.05) is 55.5 Å². The fourth-order valence-electron chi connectivity index (χ4n) is 3.71. The normalized spacial score (nSPS) is 11.8. The van der Waals surface area contributed by atoms with Crippen LogP contribution in [0, 0.1) is 5.82 Å². The molecule has 0 fully saturated rings. The number of rotatable bonds is 6. The van der Waals surface area contributed by atoms with Gasteiger partial charge in [0, 0.05) is 17.0 Å². The van der Waals surface area contributed by atoms with Crippen molar-refractivity contribution in [2.75, 3.05) is 0 Å². The molecule has 4 aromatic rings. The number of allylic oxidation sites excluding steroid dienone is 1. The van der Waals surface area contributed by atoms with Gasteiger partial charge >= 0.3 is 5.97 Å². The van der Waals surface area contributed by atoms with Gasteiger partial charge in [-0.3, -0.25) is 5.10 Å². The van der Waals surface area contributed by atoms with E-state index in [2.05, 4.69) is 16.8 Å². The van der Waals surface area contributed by atoms with E-state index in [0.29, 0.717) is 12.0 Å². The first-order valence-electron chi connectivity index (χ1n) is 9.97. The maximum absolute atomic E-state index is 14.8. The lowest BCUT2D eigenvalue weighted by atomic mass is 9.87. The molecule has 4 nitrogen and oxygen atoms in total. The third-order valence-electron chi connectivity index (χ3n) is 5.11. The summed E-state index contributed by atoms with van der Waals surface area (Å²) in [6, 6.07) is 20.5. The lowest BCUT2D eigenvalue weighted by Crippen LogP contribution is -2.08. The average molecular weight is 412 g/mol. The quantitative estimate of drug-likeness (QED) is 0.179. The Balaban J connectivity index is 2.05. The van der Waals surface area contributed by atoms with E-state index in [1.165, 1.54) is 6.07 Å². The number of H-pyrrole nitrogens is 1. The minimum Gasteiger partial charge on any atom is -0.420 e. The Morgan fingerprint density at radius 3 is 2.65 bits per heavy atom. The Morgan fingerprint density at radius 1 is 1.10 bits per heavy atom. The molecule has 1 heterocycles. The van der Waals surface area contributed by atoms with E-state index in [9.17, 15) is 9.18 Å². The average Bonchev–Trinajstić information content (AvgIpc) is 3.27. The molecule has 5 heteroatoms. The molecule has 1 aromatic heterocycles. The van der Waals surface area contributed by atoms with Crippen LogP contribution in [0.1, 0.15) is 30.0 Å². The van der Waals surface area contributed by atoms with Crippen LogP contribution in [0.15, 0.2) is 85.6 Å². The van der Waals surface area contributed by atoms with Crippen LogP contribution >= 0.6 is 0 Å². The molecule has 154 valence electrons. The molecule has 0 bridgehead atoms. The number of ether oxygens (including phenoxy) is 1. The molecule has 4 rings (SSSR count). The van der Waals surface area contributed by atoms with Crippen molar-refractivity contribution in [2.45, 2.75) is 13.3 Å². The third kappa shape index (κ3) is 4.03. The molecule has 0 aliphatic carbocycles. The summed E-state index contributed by atoms with van der Waals surface area (Å²) in [7, 11) is 0. The molecule has 3 aromatic carbocycles. The lowest BCUT2D eigenvalue weighted by Gasteiger charge is -2.19. The molecule has 0 aliphatic rings. The number of para-hydroxylation sites is 1. The van der Waals surface area contributed by atoms with Crippen LogP contribution in [-0.2, 0) is 4.79 Å². The maximum atomic E-state index is 14.8.